The van der Waals surface area contributed by atoms with E-state index in [2.05, 4.69) is 5.32 Å². The number of rotatable bonds is 4. The van der Waals surface area contributed by atoms with Gasteiger partial charge in [0.1, 0.15) is 5.54 Å². The molecule has 0 bridgehead atoms. The average molecular weight is 360 g/mol. The second-order valence-electron chi connectivity index (χ2n) is 5.88. The Morgan fingerprint density at radius 3 is 2.60 bits per heavy atom. The second kappa shape index (κ2) is 6.18. The number of amides is 3. The molecule has 128 valence electrons. The molecule has 8 heteroatoms. The smallest absolute Gasteiger partial charge is 0.319 e. The summed E-state index contributed by atoms with van der Waals surface area (Å²) in [5.74, 6) is -0.474. The van der Waals surface area contributed by atoms with Crippen molar-refractivity contribution in [1.82, 2.24) is 10.2 Å². The van der Waals surface area contributed by atoms with Crippen LogP contribution in [0.3, 0.4) is 0 Å². The van der Waals surface area contributed by atoms with Crippen LogP contribution in [0.2, 0.25) is 5.02 Å². The lowest BCUT2D eigenvalue weighted by Gasteiger charge is -2.22. The summed E-state index contributed by atoms with van der Waals surface area (Å²) < 4.78 is 0. The van der Waals surface area contributed by atoms with Gasteiger partial charge >= 0.3 is 6.03 Å². The molecule has 0 saturated carbocycles. The summed E-state index contributed by atoms with van der Waals surface area (Å²) in [5.41, 5.74) is -0.441. The number of nitro groups is 1. The molecule has 3 rings (SSSR count). The first-order valence-electron chi connectivity index (χ1n) is 7.45. The highest BCUT2D eigenvalue weighted by Crippen LogP contribution is 2.31. The monoisotopic (exact) mass is 359 g/mol. The molecule has 0 radical (unpaired) electrons. The van der Waals surface area contributed by atoms with Crippen molar-refractivity contribution in [1.29, 1.82) is 0 Å². The van der Waals surface area contributed by atoms with Crippen molar-refractivity contribution >= 4 is 29.2 Å². The summed E-state index contributed by atoms with van der Waals surface area (Å²) in [6, 6.07) is 12.0. The first kappa shape index (κ1) is 16.9. The Morgan fingerprint density at radius 2 is 1.92 bits per heavy atom. The molecule has 1 unspecified atom stereocenters. The van der Waals surface area contributed by atoms with E-state index >= 15 is 0 Å². The molecule has 1 saturated heterocycles. The molecule has 1 aliphatic rings. The highest BCUT2D eigenvalue weighted by Gasteiger charge is 2.49. The van der Waals surface area contributed by atoms with Crippen molar-refractivity contribution in [2.45, 2.75) is 19.0 Å². The molecule has 1 fully saturated rings. The molecular weight excluding hydrogens is 346 g/mol. The van der Waals surface area contributed by atoms with Crippen LogP contribution in [0.25, 0.3) is 0 Å². The molecule has 1 atom stereocenters. The number of hydrogen-bond donors (Lipinski definition) is 1. The molecule has 1 N–H and O–H groups in total. The predicted octanol–water partition coefficient (Wildman–Crippen LogP) is 3.22. The maximum Gasteiger partial charge on any atom is 0.325 e. The predicted molar refractivity (Wildman–Crippen MR) is 91.0 cm³/mol. The largest absolute Gasteiger partial charge is 0.325 e. The fourth-order valence-corrected chi connectivity index (χ4v) is 3.00. The van der Waals surface area contributed by atoms with Gasteiger partial charge in [0, 0.05) is 17.2 Å². The fourth-order valence-electron chi connectivity index (χ4n) is 2.78. The van der Waals surface area contributed by atoms with Crippen molar-refractivity contribution in [3.63, 3.8) is 0 Å². The zero-order valence-corrected chi connectivity index (χ0v) is 14.0. The van der Waals surface area contributed by atoms with Gasteiger partial charge in [-0.25, -0.2) is 4.79 Å². The standard InChI is InChI=1S/C17H14ClN3O4/c1-17(12-5-3-7-14(9-12)21(24)25)15(22)20(16(23)19-17)10-11-4-2-6-13(18)8-11/h2-9H,10H2,1H3,(H,19,23). The number of carbonyl (C=O) groups is 2. The van der Waals surface area contributed by atoms with Gasteiger partial charge < -0.3 is 5.32 Å². The third-order valence-electron chi connectivity index (χ3n) is 4.14. The van der Waals surface area contributed by atoms with E-state index in [1.165, 1.54) is 25.1 Å². The molecule has 0 aliphatic carbocycles. The van der Waals surface area contributed by atoms with E-state index in [1.807, 2.05) is 0 Å². The van der Waals surface area contributed by atoms with Gasteiger partial charge in [0.15, 0.2) is 0 Å². The van der Waals surface area contributed by atoms with E-state index in [-0.39, 0.29) is 12.2 Å². The Bertz CT molecular complexity index is 886. The number of nitrogens with one attached hydrogen (secondary N) is 1. The van der Waals surface area contributed by atoms with E-state index in [0.717, 1.165) is 4.90 Å². The number of urea groups is 1. The third-order valence-corrected chi connectivity index (χ3v) is 4.37. The zero-order chi connectivity index (χ0) is 18.2. The maximum absolute atomic E-state index is 12.8. The second-order valence-corrected chi connectivity index (χ2v) is 6.32. The topological polar surface area (TPSA) is 92.6 Å². The van der Waals surface area contributed by atoms with Gasteiger partial charge in [0.2, 0.25) is 0 Å². The van der Waals surface area contributed by atoms with E-state index in [9.17, 15) is 19.7 Å². The van der Waals surface area contributed by atoms with Crippen LogP contribution in [0, 0.1) is 10.1 Å². The fraction of sp³-hybridized carbons (Fsp3) is 0.176. The average Bonchev–Trinajstić information content (AvgIpc) is 2.79. The zero-order valence-electron chi connectivity index (χ0n) is 13.2. The lowest BCUT2D eigenvalue weighted by atomic mass is 9.91. The van der Waals surface area contributed by atoms with E-state index in [0.29, 0.717) is 16.1 Å². The summed E-state index contributed by atoms with van der Waals surface area (Å²) in [7, 11) is 0. The van der Waals surface area contributed by atoms with Crippen LogP contribution in [0.1, 0.15) is 18.1 Å². The summed E-state index contributed by atoms with van der Waals surface area (Å²) in [6.07, 6.45) is 0. The van der Waals surface area contributed by atoms with Crippen molar-refractivity contribution in [3.8, 4) is 0 Å². The first-order chi connectivity index (χ1) is 11.8. The molecule has 2 aromatic carbocycles. The number of halogens is 1. The number of carbonyl (C=O) groups excluding carboxylic acids is 2. The Morgan fingerprint density at radius 1 is 1.20 bits per heavy atom. The minimum atomic E-state index is -1.36. The van der Waals surface area contributed by atoms with Crippen LogP contribution in [0.15, 0.2) is 48.5 Å². The van der Waals surface area contributed by atoms with Crippen molar-refractivity contribution in [3.05, 3.63) is 74.8 Å². The summed E-state index contributed by atoms with van der Waals surface area (Å²) in [5, 5.41) is 14.1. The molecule has 7 nitrogen and oxygen atoms in total. The van der Waals surface area contributed by atoms with Gasteiger partial charge in [-0.1, -0.05) is 35.9 Å². The number of nitrogens with zero attached hydrogens (tertiary/aromatic N) is 2. The van der Waals surface area contributed by atoms with Gasteiger partial charge in [0.05, 0.1) is 11.5 Å². The SMILES string of the molecule is CC1(c2cccc([N+](=O)[O-])c2)NC(=O)N(Cc2cccc(Cl)c2)C1=O. The van der Waals surface area contributed by atoms with Crippen LogP contribution >= 0.6 is 11.6 Å². The van der Waals surface area contributed by atoms with Crippen LogP contribution in [0.5, 0.6) is 0 Å². The molecular formula is C17H14ClN3O4. The van der Waals surface area contributed by atoms with E-state index < -0.39 is 22.4 Å². The first-order valence-corrected chi connectivity index (χ1v) is 7.82. The van der Waals surface area contributed by atoms with Crippen molar-refractivity contribution in [2.75, 3.05) is 0 Å². The maximum atomic E-state index is 12.8. The summed E-state index contributed by atoms with van der Waals surface area (Å²) >= 11 is 5.93. The third kappa shape index (κ3) is 3.06. The van der Waals surface area contributed by atoms with Crippen LogP contribution in [0.4, 0.5) is 10.5 Å². The van der Waals surface area contributed by atoms with Crippen molar-refractivity contribution < 1.29 is 14.5 Å². The molecule has 25 heavy (non-hydrogen) atoms. The number of imide groups is 1. The van der Waals surface area contributed by atoms with Crippen LogP contribution in [-0.2, 0) is 16.9 Å². The van der Waals surface area contributed by atoms with Gasteiger partial charge in [-0.3, -0.25) is 19.8 Å². The quantitative estimate of drug-likeness (QED) is 0.515. The van der Waals surface area contributed by atoms with Gasteiger partial charge in [-0.15, -0.1) is 0 Å². The minimum absolute atomic E-state index is 0.0652. The molecule has 2 aromatic rings. The lowest BCUT2D eigenvalue weighted by Crippen LogP contribution is -2.40. The lowest BCUT2D eigenvalue weighted by molar-refractivity contribution is -0.385. The van der Waals surface area contributed by atoms with Gasteiger partial charge in [-0.05, 0) is 30.2 Å². The highest BCUT2D eigenvalue weighted by molar-refractivity contribution is 6.30. The Balaban J connectivity index is 1.92. The number of nitro benzene ring substituents is 1. The molecule has 0 spiro atoms. The molecule has 0 aromatic heterocycles. The van der Waals surface area contributed by atoms with E-state index in [1.54, 1.807) is 30.3 Å². The number of hydrogen-bond acceptors (Lipinski definition) is 4. The van der Waals surface area contributed by atoms with Gasteiger partial charge in [0.25, 0.3) is 11.6 Å². The summed E-state index contributed by atoms with van der Waals surface area (Å²) in [4.78, 5) is 36.7. The molecule has 3 amide bonds. The van der Waals surface area contributed by atoms with Crippen LogP contribution < -0.4 is 5.32 Å². The Labute approximate surface area is 148 Å². The number of non-ortho nitro benzene ring substituents is 1. The molecule has 1 heterocycles. The summed E-state index contributed by atoms with van der Waals surface area (Å²) in [6.45, 7) is 1.60. The Hall–Kier alpha value is -2.93. The van der Waals surface area contributed by atoms with Crippen LogP contribution in [-0.4, -0.2) is 21.8 Å². The Kier molecular flexibility index (Phi) is 4.18. The van der Waals surface area contributed by atoms with E-state index in [4.69, 9.17) is 11.6 Å². The highest BCUT2D eigenvalue weighted by atomic mass is 35.5. The minimum Gasteiger partial charge on any atom is -0.319 e. The van der Waals surface area contributed by atoms with Crippen molar-refractivity contribution in [2.24, 2.45) is 0 Å². The molecule has 1 aliphatic heterocycles. The number of benzene rings is 2. The van der Waals surface area contributed by atoms with Gasteiger partial charge in [-0.2, -0.15) is 0 Å². The normalized spacial score (nSPS) is 19.8.